The van der Waals surface area contributed by atoms with Crippen LogP contribution in [0.3, 0.4) is 0 Å². The van der Waals surface area contributed by atoms with Gasteiger partial charge in [-0.15, -0.1) is 0 Å². The van der Waals surface area contributed by atoms with Crippen molar-refractivity contribution < 1.29 is 14.3 Å². The summed E-state index contributed by atoms with van der Waals surface area (Å²) in [5.74, 6) is 0.682. The second-order valence-corrected chi connectivity index (χ2v) is 5.40. The summed E-state index contributed by atoms with van der Waals surface area (Å²) in [5.41, 5.74) is 1.89. The Balaban J connectivity index is 2.49. The van der Waals surface area contributed by atoms with E-state index in [1.165, 1.54) is 12.7 Å². The van der Waals surface area contributed by atoms with Crippen LogP contribution in [0, 0.1) is 0 Å². The molecule has 0 saturated carbocycles. The predicted molar refractivity (Wildman–Crippen MR) is 81.9 cm³/mol. The van der Waals surface area contributed by atoms with Crippen molar-refractivity contribution in [3.63, 3.8) is 0 Å². The first-order valence-electron chi connectivity index (χ1n) is 6.48. The van der Waals surface area contributed by atoms with Crippen LogP contribution in [0.5, 0.6) is 0 Å². The molecule has 0 aliphatic heterocycles. The van der Waals surface area contributed by atoms with E-state index < -0.39 is 0 Å². The van der Waals surface area contributed by atoms with Gasteiger partial charge in [-0.25, -0.2) is 0 Å². The number of ether oxygens (including phenoxy) is 1. The van der Waals surface area contributed by atoms with Gasteiger partial charge in [0.1, 0.15) is 0 Å². The summed E-state index contributed by atoms with van der Waals surface area (Å²) >= 11 is 1.75. The Labute approximate surface area is 124 Å². The molecule has 0 bridgehead atoms. The molecule has 0 aromatic heterocycles. The fourth-order valence-electron chi connectivity index (χ4n) is 1.79. The highest BCUT2D eigenvalue weighted by atomic mass is 32.2. The summed E-state index contributed by atoms with van der Waals surface area (Å²) in [7, 11) is 3.11. The lowest BCUT2D eigenvalue weighted by molar-refractivity contribution is -0.140. The Morgan fingerprint density at radius 3 is 2.45 bits per heavy atom. The van der Waals surface area contributed by atoms with Gasteiger partial charge in [-0.2, -0.15) is 11.8 Å². The Morgan fingerprint density at radius 1 is 1.25 bits per heavy atom. The Bertz CT molecular complexity index is 445. The Morgan fingerprint density at radius 2 is 1.90 bits per heavy atom. The SMILES string of the molecule is COC(=O)CCCN(C)C(=O)c1ccc(CSC)cc1. The van der Waals surface area contributed by atoms with Crippen molar-refractivity contribution in [2.75, 3.05) is 27.0 Å². The molecule has 0 N–H and O–H groups in total. The van der Waals surface area contributed by atoms with Crippen molar-refractivity contribution in [2.45, 2.75) is 18.6 Å². The molecule has 1 amide bonds. The molecular formula is C15H21NO3S. The highest BCUT2D eigenvalue weighted by Crippen LogP contribution is 2.12. The van der Waals surface area contributed by atoms with E-state index in [4.69, 9.17) is 0 Å². The summed E-state index contributed by atoms with van der Waals surface area (Å²) in [6.07, 6.45) is 2.99. The Kier molecular flexibility index (Phi) is 7.15. The molecule has 0 atom stereocenters. The third-order valence-electron chi connectivity index (χ3n) is 2.96. The van der Waals surface area contributed by atoms with Crippen LogP contribution in [0.1, 0.15) is 28.8 Å². The average molecular weight is 295 g/mol. The summed E-state index contributed by atoms with van der Waals surface area (Å²) in [5, 5.41) is 0. The van der Waals surface area contributed by atoms with E-state index in [2.05, 4.69) is 4.74 Å². The first kappa shape index (κ1) is 16.6. The molecule has 110 valence electrons. The quantitative estimate of drug-likeness (QED) is 0.725. The number of carbonyl (C=O) groups excluding carboxylic acids is 2. The van der Waals surface area contributed by atoms with Crippen LogP contribution in [-0.2, 0) is 15.3 Å². The van der Waals surface area contributed by atoms with Gasteiger partial charge in [-0.1, -0.05) is 12.1 Å². The van der Waals surface area contributed by atoms with Crippen LogP contribution in [0.15, 0.2) is 24.3 Å². The van der Waals surface area contributed by atoms with E-state index in [-0.39, 0.29) is 11.9 Å². The van der Waals surface area contributed by atoms with Gasteiger partial charge in [0.25, 0.3) is 5.91 Å². The van der Waals surface area contributed by atoms with Gasteiger partial charge < -0.3 is 9.64 Å². The standard InChI is InChI=1S/C15H21NO3S/c1-16(10-4-5-14(17)19-2)15(18)13-8-6-12(7-9-13)11-20-3/h6-9H,4-5,10-11H2,1-3H3. The van der Waals surface area contributed by atoms with E-state index >= 15 is 0 Å². The largest absolute Gasteiger partial charge is 0.469 e. The minimum Gasteiger partial charge on any atom is -0.469 e. The van der Waals surface area contributed by atoms with Crippen LogP contribution < -0.4 is 0 Å². The molecule has 0 saturated heterocycles. The second kappa shape index (κ2) is 8.64. The number of benzene rings is 1. The molecular weight excluding hydrogens is 274 g/mol. The predicted octanol–water partition coefficient (Wildman–Crippen LogP) is 2.57. The maximum absolute atomic E-state index is 12.2. The van der Waals surface area contributed by atoms with E-state index in [0.717, 1.165) is 5.75 Å². The summed E-state index contributed by atoms with van der Waals surface area (Å²) < 4.78 is 4.57. The molecule has 0 radical (unpaired) electrons. The number of rotatable bonds is 7. The number of methoxy groups -OCH3 is 1. The van der Waals surface area contributed by atoms with E-state index in [1.807, 2.05) is 30.5 Å². The monoisotopic (exact) mass is 295 g/mol. The molecule has 0 heterocycles. The van der Waals surface area contributed by atoms with Crippen molar-refractivity contribution in [1.29, 1.82) is 0 Å². The zero-order chi connectivity index (χ0) is 15.0. The molecule has 0 fully saturated rings. The van der Waals surface area contributed by atoms with Gasteiger partial charge >= 0.3 is 5.97 Å². The maximum Gasteiger partial charge on any atom is 0.305 e. The number of esters is 1. The fraction of sp³-hybridized carbons (Fsp3) is 0.467. The molecule has 20 heavy (non-hydrogen) atoms. The maximum atomic E-state index is 12.2. The van der Waals surface area contributed by atoms with Gasteiger partial charge in [-0.3, -0.25) is 9.59 Å². The van der Waals surface area contributed by atoms with Crippen LogP contribution in [0.4, 0.5) is 0 Å². The molecule has 0 unspecified atom stereocenters. The summed E-state index contributed by atoms with van der Waals surface area (Å²) in [6.45, 7) is 0.542. The lowest BCUT2D eigenvalue weighted by atomic mass is 10.1. The molecule has 0 aliphatic carbocycles. The number of carbonyl (C=O) groups is 2. The van der Waals surface area contributed by atoms with E-state index in [9.17, 15) is 9.59 Å². The van der Waals surface area contributed by atoms with Gasteiger partial charge in [0.05, 0.1) is 7.11 Å². The average Bonchev–Trinajstić information content (AvgIpc) is 2.47. The molecule has 1 aromatic carbocycles. The lowest BCUT2D eigenvalue weighted by Crippen LogP contribution is -2.28. The Hall–Kier alpha value is -1.49. The molecule has 4 nitrogen and oxygen atoms in total. The molecule has 0 aliphatic rings. The van der Waals surface area contributed by atoms with Gasteiger partial charge in [0, 0.05) is 31.3 Å². The molecule has 1 aromatic rings. The fourth-order valence-corrected chi connectivity index (χ4v) is 2.32. The van der Waals surface area contributed by atoms with Crippen LogP contribution in [0.25, 0.3) is 0 Å². The molecule has 5 heteroatoms. The third kappa shape index (κ3) is 5.25. The molecule has 1 rings (SSSR count). The van der Waals surface area contributed by atoms with Crippen molar-refractivity contribution >= 4 is 23.6 Å². The van der Waals surface area contributed by atoms with Crippen molar-refractivity contribution in [3.05, 3.63) is 35.4 Å². The smallest absolute Gasteiger partial charge is 0.305 e. The highest BCUT2D eigenvalue weighted by Gasteiger charge is 2.12. The van der Waals surface area contributed by atoms with Crippen molar-refractivity contribution in [1.82, 2.24) is 4.90 Å². The number of hydrogen-bond donors (Lipinski definition) is 0. The van der Waals surface area contributed by atoms with Crippen molar-refractivity contribution in [2.24, 2.45) is 0 Å². The van der Waals surface area contributed by atoms with E-state index in [1.54, 1.807) is 23.7 Å². The number of amides is 1. The molecule has 0 spiro atoms. The first-order chi connectivity index (χ1) is 9.58. The minimum atomic E-state index is -0.243. The zero-order valence-electron chi connectivity index (χ0n) is 12.2. The van der Waals surface area contributed by atoms with Crippen LogP contribution in [-0.4, -0.2) is 43.7 Å². The van der Waals surface area contributed by atoms with E-state index in [0.29, 0.717) is 24.9 Å². The minimum absolute atomic E-state index is 0.0226. The normalized spacial score (nSPS) is 10.2. The summed E-state index contributed by atoms with van der Waals surface area (Å²) in [4.78, 5) is 24.8. The van der Waals surface area contributed by atoms with Crippen LogP contribution >= 0.6 is 11.8 Å². The second-order valence-electron chi connectivity index (χ2n) is 4.54. The van der Waals surface area contributed by atoms with Crippen molar-refractivity contribution in [3.8, 4) is 0 Å². The number of nitrogens with zero attached hydrogens (tertiary/aromatic N) is 1. The lowest BCUT2D eigenvalue weighted by Gasteiger charge is -2.17. The number of hydrogen-bond acceptors (Lipinski definition) is 4. The van der Waals surface area contributed by atoms with Gasteiger partial charge in [0.2, 0.25) is 0 Å². The zero-order valence-corrected chi connectivity index (χ0v) is 13.0. The number of thioether (sulfide) groups is 1. The topological polar surface area (TPSA) is 46.6 Å². The van der Waals surface area contributed by atoms with Gasteiger partial charge in [-0.05, 0) is 30.4 Å². The van der Waals surface area contributed by atoms with Crippen LogP contribution in [0.2, 0.25) is 0 Å². The van der Waals surface area contributed by atoms with Gasteiger partial charge in [0.15, 0.2) is 0 Å². The highest BCUT2D eigenvalue weighted by molar-refractivity contribution is 7.97. The third-order valence-corrected chi connectivity index (χ3v) is 3.58. The summed E-state index contributed by atoms with van der Waals surface area (Å²) in [6, 6.07) is 7.66. The first-order valence-corrected chi connectivity index (χ1v) is 7.88.